The standard InChI is InChI=1S/C13H20N2O2/c1-3-17-13(6-4-5-7-13)12-14-10(2)8-11(9-16)15-12/h8,16H,3-7,9H2,1-2H3. The smallest absolute Gasteiger partial charge is 0.160 e. The van der Waals surface area contributed by atoms with Gasteiger partial charge in [-0.25, -0.2) is 9.97 Å². The third kappa shape index (κ3) is 2.48. The van der Waals surface area contributed by atoms with Crippen LogP contribution in [0.5, 0.6) is 0 Å². The van der Waals surface area contributed by atoms with E-state index in [2.05, 4.69) is 9.97 Å². The van der Waals surface area contributed by atoms with Gasteiger partial charge in [-0.2, -0.15) is 0 Å². The van der Waals surface area contributed by atoms with Gasteiger partial charge in [0, 0.05) is 12.3 Å². The van der Waals surface area contributed by atoms with E-state index in [1.807, 2.05) is 19.9 Å². The van der Waals surface area contributed by atoms with Crippen molar-refractivity contribution >= 4 is 0 Å². The third-order valence-electron chi connectivity index (χ3n) is 3.31. The van der Waals surface area contributed by atoms with Crippen LogP contribution < -0.4 is 0 Å². The molecule has 1 saturated carbocycles. The van der Waals surface area contributed by atoms with Crippen molar-refractivity contribution < 1.29 is 9.84 Å². The molecule has 4 nitrogen and oxygen atoms in total. The zero-order valence-electron chi connectivity index (χ0n) is 10.6. The van der Waals surface area contributed by atoms with Gasteiger partial charge in [0.05, 0.1) is 12.3 Å². The summed E-state index contributed by atoms with van der Waals surface area (Å²) in [6.07, 6.45) is 4.28. The van der Waals surface area contributed by atoms with Crippen molar-refractivity contribution in [3.8, 4) is 0 Å². The molecule has 1 heterocycles. The number of rotatable bonds is 4. The van der Waals surface area contributed by atoms with Gasteiger partial charge in [0.25, 0.3) is 0 Å². The van der Waals surface area contributed by atoms with Gasteiger partial charge in [0.15, 0.2) is 5.82 Å². The SMILES string of the molecule is CCOC1(c2nc(C)cc(CO)n2)CCCC1. The van der Waals surface area contributed by atoms with Crippen LogP contribution in [0.1, 0.15) is 49.8 Å². The number of ether oxygens (including phenoxy) is 1. The van der Waals surface area contributed by atoms with E-state index in [0.29, 0.717) is 12.3 Å². The molecule has 0 atom stereocenters. The Kier molecular flexibility index (Phi) is 3.74. The summed E-state index contributed by atoms with van der Waals surface area (Å²) in [7, 11) is 0. The summed E-state index contributed by atoms with van der Waals surface area (Å²) < 4.78 is 5.92. The Labute approximate surface area is 102 Å². The van der Waals surface area contributed by atoms with Crippen LogP contribution in [0.15, 0.2) is 6.07 Å². The van der Waals surface area contributed by atoms with Crippen LogP contribution in [-0.4, -0.2) is 21.7 Å². The molecule has 0 saturated heterocycles. The monoisotopic (exact) mass is 236 g/mol. The van der Waals surface area contributed by atoms with Crippen LogP contribution in [-0.2, 0) is 16.9 Å². The van der Waals surface area contributed by atoms with E-state index >= 15 is 0 Å². The summed E-state index contributed by atoms with van der Waals surface area (Å²) in [6.45, 7) is 4.56. The molecule has 17 heavy (non-hydrogen) atoms. The predicted octanol–water partition coefficient (Wildman–Crippen LogP) is 2.08. The van der Waals surface area contributed by atoms with E-state index in [4.69, 9.17) is 4.74 Å². The first-order chi connectivity index (χ1) is 8.20. The highest BCUT2D eigenvalue weighted by Gasteiger charge is 2.39. The van der Waals surface area contributed by atoms with E-state index in [0.717, 1.165) is 37.2 Å². The topological polar surface area (TPSA) is 55.2 Å². The highest BCUT2D eigenvalue weighted by Crippen LogP contribution is 2.40. The van der Waals surface area contributed by atoms with Gasteiger partial charge in [-0.1, -0.05) is 0 Å². The van der Waals surface area contributed by atoms with Gasteiger partial charge < -0.3 is 9.84 Å². The van der Waals surface area contributed by atoms with Crippen molar-refractivity contribution in [3.63, 3.8) is 0 Å². The maximum Gasteiger partial charge on any atom is 0.160 e. The molecular formula is C13H20N2O2. The summed E-state index contributed by atoms with van der Waals surface area (Å²) in [5.41, 5.74) is 1.26. The summed E-state index contributed by atoms with van der Waals surface area (Å²) in [4.78, 5) is 8.95. The third-order valence-corrected chi connectivity index (χ3v) is 3.31. The van der Waals surface area contributed by atoms with Crippen molar-refractivity contribution in [2.45, 2.75) is 51.7 Å². The second kappa shape index (κ2) is 5.10. The molecule has 1 N–H and O–H groups in total. The lowest BCUT2D eigenvalue weighted by atomic mass is 10.0. The Morgan fingerprint density at radius 1 is 1.35 bits per heavy atom. The molecule has 0 radical (unpaired) electrons. The highest BCUT2D eigenvalue weighted by molar-refractivity contribution is 5.15. The number of hydrogen-bond donors (Lipinski definition) is 1. The first-order valence-electron chi connectivity index (χ1n) is 6.30. The number of nitrogens with zero attached hydrogens (tertiary/aromatic N) is 2. The number of aromatic nitrogens is 2. The molecule has 4 heteroatoms. The largest absolute Gasteiger partial charge is 0.390 e. The second-order valence-electron chi connectivity index (χ2n) is 4.62. The molecule has 0 bridgehead atoms. The molecule has 0 aromatic carbocycles. The molecule has 1 fully saturated rings. The van der Waals surface area contributed by atoms with Crippen molar-refractivity contribution in [1.82, 2.24) is 9.97 Å². The minimum atomic E-state index is -0.315. The molecule has 1 aromatic rings. The van der Waals surface area contributed by atoms with E-state index in [1.165, 1.54) is 0 Å². The lowest BCUT2D eigenvalue weighted by molar-refractivity contribution is -0.0460. The van der Waals surface area contributed by atoms with Crippen LogP contribution in [0.4, 0.5) is 0 Å². The minimum Gasteiger partial charge on any atom is -0.390 e. The summed E-state index contributed by atoms with van der Waals surface area (Å²) in [5.74, 6) is 0.751. The molecule has 0 spiro atoms. The van der Waals surface area contributed by atoms with Crippen LogP contribution in [0.25, 0.3) is 0 Å². The van der Waals surface area contributed by atoms with E-state index < -0.39 is 0 Å². The van der Waals surface area contributed by atoms with Crippen LogP contribution in [0.2, 0.25) is 0 Å². The first-order valence-corrected chi connectivity index (χ1v) is 6.30. The summed E-state index contributed by atoms with van der Waals surface area (Å²) >= 11 is 0. The van der Waals surface area contributed by atoms with Crippen molar-refractivity contribution in [2.24, 2.45) is 0 Å². The van der Waals surface area contributed by atoms with Crippen molar-refractivity contribution in [3.05, 3.63) is 23.3 Å². The van der Waals surface area contributed by atoms with Gasteiger partial charge in [-0.3, -0.25) is 0 Å². The van der Waals surface area contributed by atoms with Gasteiger partial charge in [-0.05, 0) is 45.6 Å². The fourth-order valence-electron chi connectivity index (χ4n) is 2.57. The number of aryl methyl sites for hydroxylation is 1. The molecule has 2 rings (SSSR count). The van der Waals surface area contributed by atoms with Crippen LogP contribution >= 0.6 is 0 Å². The fourth-order valence-corrected chi connectivity index (χ4v) is 2.57. The molecule has 1 aromatic heterocycles. The van der Waals surface area contributed by atoms with E-state index in [-0.39, 0.29) is 12.2 Å². The summed E-state index contributed by atoms with van der Waals surface area (Å²) in [6, 6.07) is 1.82. The molecule has 1 aliphatic carbocycles. The first kappa shape index (κ1) is 12.5. The maximum absolute atomic E-state index is 9.21. The minimum absolute atomic E-state index is 0.0431. The Morgan fingerprint density at radius 3 is 2.65 bits per heavy atom. The zero-order chi connectivity index (χ0) is 12.3. The number of aliphatic hydroxyl groups is 1. The average Bonchev–Trinajstić information content (AvgIpc) is 2.78. The lowest BCUT2D eigenvalue weighted by Crippen LogP contribution is -2.29. The quantitative estimate of drug-likeness (QED) is 0.869. The van der Waals surface area contributed by atoms with Crippen LogP contribution in [0.3, 0.4) is 0 Å². The van der Waals surface area contributed by atoms with Gasteiger partial charge in [-0.15, -0.1) is 0 Å². The Hall–Kier alpha value is -1.00. The Bertz CT molecular complexity index is 387. The molecule has 94 valence electrons. The maximum atomic E-state index is 9.21. The average molecular weight is 236 g/mol. The summed E-state index contributed by atoms with van der Waals surface area (Å²) in [5, 5.41) is 9.21. The van der Waals surface area contributed by atoms with Crippen LogP contribution in [0, 0.1) is 6.92 Å². The molecule has 1 aliphatic rings. The lowest BCUT2D eigenvalue weighted by Gasteiger charge is -2.27. The second-order valence-corrected chi connectivity index (χ2v) is 4.62. The van der Waals surface area contributed by atoms with Crippen molar-refractivity contribution in [1.29, 1.82) is 0 Å². The molecule has 0 amide bonds. The molecular weight excluding hydrogens is 216 g/mol. The number of hydrogen-bond acceptors (Lipinski definition) is 4. The normalized spacial score (nSPS) is 18.5. The Balaban J connectivity index is 2.38. The molecule has 0 aliphatic heterocycles. The zero-order valence-corrected chi connectivity index (χ0v) is 10.6. The molecule has 0 unspecified atom stereocenters. The predicted molar refractivity (Wildman–Crippen MR) is 64.5 cm³/mol. The highest BCUT2D eigenvalue weighted by atomic mass is 16.5. The Morgan fingerprint density at radius 2 is 2.06 bits per heavy atom. The number of aliphatic hydroxyl groups excluding tert-OH is 1. The fraction of sp³-hybridized carbons (Fsp3) is 0.692. The van der Waals surface area contributed by atoms with E-state index in [1.54, 1.807) is 0 Å². The van der Waals surface area contributed by atoms with Gasteiger partial charge >= 0.3 is 0 Å². The van der Waals surface area contributed by atoms with Gasteiger partial charge in [0.1, 0.15) is 5.60 Å². The van der Waals surface area contributed by atoms with Gasteiger partial charge in [0.2, 0.25) is 0 Å². The van der Waals surface area contributed by atoms with Crippen molar-refractivity contribution in [2.75, 3.05) is 6.61 Å². The van der Waals surface area contributed by atoms with E-state index in [9.17, 15) is 5.11 Å².